The van der Waals surface area contributed by atoms with Gasteiger partial charge in [0.15, 0.2) is 11.6 Å². The Kier molecular flexibility index (Phi) is 4.22. The molecule has 1 unspecified atom stereocenters. The predicted molar refractivity (Wildman–Crippen MR) is 66.0 cm³/mol. The van der Waals surface area contributed by atoms with Crippen LogP contribution in [0.2, 0.25) is 0 Å². The first-order valence-electron chi connectivity index (χ1n) is 5.26. The Balaban J connectivity index is 1.99. The molecule has 0 aliphatic heterocycles. The Bertz CT molecular complexity index is 522. The Morgan fingerprint density at radius 1 is 1.22 bits per heavy atom. The standard InChI is InChI=1S/C12H11F2N3S/c13-9-2-1-8(5-10(9)14)11(15)7-18-12-6-16-3-4-17-12/h1-6,11H,7,15H2. The molecule has 3 nitrogen and oxygen atoms in total. The highest BCUT2D eigenvalue weighted by atomic mass is 32.2. The minimum absolute atomic E-state index is 0.382. The molecule has 6 heteroatoms. The Hall–Kier alpha value is -1.53. The van der Waals surface area contributed by atoms with Gasteiger partial charge in [0, 0.05) is 24.2 Å². The molecule has 0 fully saturated rings. The van der Waals surface area contributed by atoms with E-state index >= 15 is 0 Å². The van der Waals surface area contributed by atoms with Crippen LogP contribution in [0.25, 0.3) is 0 Å². The van der Waals surface area contributed by atoms with Crippen LogP contribution in [0.4, 0.5) is 8.78 Å². The van der Waals surface area contributed by atoms with E-state index in [0.29, 0.717) is 11.3 Å². The highest BCUT2D eigenvalue weighted by Crippen LogP contribution is 2.22. The molecule has 18 heavy (non-hydrogen) atoms. The second kappa shape index (κ2) is 5.88. The van der Waals surface area contributed by atoms with Crippen molar-refractivity contribution in [2.45, 2.75) is 11.1 Å². The molecule has 1 heterocycles. The lowest BCUT2D eigenvalue weighted by molar-refractivity contribution is 0.506. The molecule has 0 amide bonds. The van der Waals surface area contributed by atoms with Crippen LogP contribution in [0.5, 0.6) is 0 Å². The summed E-state index contributed by atoms with van der Waals surface area (Å²) in [5.74, 6) is -1.23. The van der Waals surface area contributed by atoms with Gasteiger partial charge in [-0.05, 0) is 17.7 Å². The summed E-state index contributed by atoms with van der Waals surface area (Å²) < 4.78 is 25.8. The first-order valence-corrected chi connectivity index (χ1v) is 6.24. The third-order valence-corrected chi connectivity index (χ3v) is 3.35. The van der Waals surface area contributed by atoms with E-state index in [1.165, 1.54) is 17.8 Å². The Labute approximate surface area is 107 Å². The van der Waals surface area contributed by atoms with Crippen LogP contribution in [0, 0.1) is 11.6 Å². The summed E-state index contributed by atoms with van der Waals surface area (Å²) in [6.45, 7) is 0. The highest BCUT2D eigenvalue weighted by molar-refractivity contribution is 7.99. The third-order valence-electron chi connectivity index (χ3n) is 2.32. The summed E-state index contributed by atoms with van der Waals surface area (Å²) in [6.07, 6.45) is 4.80. The van der Waals surface area contributed by atoms with E-state index in [9.17, 15) is 8.78 Å². The van der Waals surface area contributed by atoms with Crippen molar-refractivity contribution in [2.75, 3.05) is 5.75 Å². The maximum absolute atomic E-state index is 13.0. The molecule has 1 aromatic carbocycles. The molecule has 1 aromatic heterocycles. The maximum Gasteiger partial charge on any atom is 0.159 e. The topological polar surface area (TPSA) is 51.8 Å². The lowest BCUT2D eigenvalue weighted by atomic mass is 10.1. The zero-order chi connectivity index (χ0) is 13.0. The first kappa shape index (κ1) is 12.9. The van der Waals surface area contributed by atoms with Crippen molar-refractivity contribution < 1.29 is 8.78 Å². The van der Waals surface area contributed by atoms with Gasteiger partial charge in [-0.3, -0.25) is 4.98 Å². The van der Waals surface area contributed by atoms with Crippen molar-refractivity contribution >= 4 is 11.8 Å². The van der Waals surface area contributed by atoms with E-state index < -0.39 is 11.6 Å². The number of halogens is 2. The van der Waals surface area contributed by atoms with Gasteiger partial charge in [-0.15, -0.1) is 11.8 Å². The number of rotatable bonds is 4. The zero-order valence-electron chi connectivity index (χ0n) is 9.38. The van der Waals surface area contributed by atoms with Crippen LogP contribution in [0.1, 0.15) is 11.6 Å². The number of hydrogen-bond acceptors (Lipinski definition) is 4. The zero-order valence-corrected chi connectivity index (χ0v) is 10.2. The molecule has 0 saturated carbocycles. The van der Waals surface area contributed by atoms with Crippen LogP contribution < -0.4 is 5.73 Å². The SMILES string of the molecule is NC(CSc1cnccn1)c1ccc(F)c(F)c1. The maximum atomic E-state index is 13.0. The molecule has 0 spiro atoms. The van der Waals surface area contributed by atoms with Gasteiger partial charge >= 0.3 is 0 Å². The number of thioether (sulfide) groups is 1. The second-order valence-electron chi connectivity index (χ2n) is 3.63. The fourth-order valence-electron chi connectivity index (χ4n) is 1.37. The van der Waals surface area contributed by atoms with Crippen molar-refractivity contribution in [3.63, 3.8) is 0 Å². The van der Waals surface area contributed by atoms with Crippen molar-refractivity contribution in [3.05, 3.63) is 54.0 Å². The van der Waals surface area contributed by atoms with E-state index in [0.717, 1.165) is 17.2 Å². The molecule has 0 radical (unpaired) electrons. The van der Waals surface area contributed by atoms with E-state index in [4.69, 9.17) is 5.73 Å². The molecule has 0 aliphatic rings. The van der Waals surface area contributed by atoms with Gasteiger partial charge in [-0.2, -0.15) is 0 Å². The molecule has 2 aromatic rings. The molecule has 0 saturated heterocycles. The molecule has 1 atom stereocenters. The number of aromatic nitrogens is 2. The molecule has 0 bridgehead atoms. The van der Waals surface area contributed by atoms with Gasteiger partial charge in [0.25, 0.3) is 0 Å². The van der Waals surface area contributed by atoms with Crippen molar-refractivity contribution in [1.82, 2.24) is 9.97 Å². The summed E-state index contributed by atoms with van der Waals surface area (Å²) in [4.78, 5) is 8.01. The van der Waals surface area contributed by atoms with Crippen LogP contribution in [0.3, 0.4) is 0 Å². The van der Waals surface area contributed by atoms with Crippen LogP contribution >= 0.6 is 11.8 Å². The first-order chi connectivity index (χ1) is 8.66. The van der Waals surface area contributed by atoms with Crippen molar-refractivity contribution in [3.8, 4) is 0 Å². The van der Waals surface area contributed by atoms with Crippen molar-refractivity contribution in [1.29, 1.82) is 0 Å². The smallest absolute Gasteiger partial charge is 0.159 e. The predicted octanol–water partition coefficient (Wildman–Crippen LogP) is 2.55. The minimum atomic E-state index is -0.882. The average molecular weight is 267 g/mol. The normalized spacial score (nSPS) is 12.4. The number of benzene rings is 1. The van der Waals surface area contributed by atoms with E-state index in [2.05, 4.69) is 9.97 Å². The summed E-state index contributed by atoms with van der Waals surface area (Å²) in [5.41, 5.74) is 6.46. The fourth-order valence-corrected chi connectivity index (χ4v) is 2.19. The Morgan fingerprint density at radius 3 is 2.72 bits per heavy atom. The van der Waals surface area contributed by atoms with Crippen molar-refractivity contribution in [2.24, 2.45) is 5.73 Å². The van der Waals surface area contributed by atoms with Gasteiger partial charge in [0.1, 0.15) is 5.03 Å². The molecule has 2 N–H and O–H groups in total. The summed E-state index contributed by atoms with van der Waals surface area (Å²) in [6, 6.07) is 3.31. The Morgan fingerprint density at radius 2 is 2.06 bits per heavy atom. The largest absolute Gasteiger partial charge is 0.323 e. The van der Waals surface area contributed by atoms with E-state index in [1.54, 1.807) is 18.6 Å². The van der Waals surface area contributed by atoms with Gasteiger partial charge in [0.05, 0.1) is 6.20 Å². The van der Waals surface area contributed by atoms with E-state index in [1.807, 2.05) is 0 Å². The average Bonchev–Trinajstić information content (AvgIpc) is 2.40. The lowest BCUT2D eigenvalue weighted by Crippen LogP contribution is -2.13. The van der Waals surface area contributed by atoms with Crippen LogP contribution in [-0.2, 0) is 0 Å². The third kappa shape index (κ3) is 3.24. The molecular weight excluding hydrogens is 256 g/mol. The molecule has 2 rings (SSSR count). The molecular formula is C12H11F2N3S. The molecule has 94 valence electrons. The highest BCUT2D eigenvalue weighted by Gasteiger charge is 2.10. The number of nitrogens with two attached hydrogens (primary N) is 1. The number of hydrogen-bond donors (Lipinski definition) is 1. The summed E-state index contributed by atoms with van der Waals surface area (Å²) in [5, 5.41) is 0.746. The van der Waals surface area contributed by atoms with Gasteiger partial charge in [-0.25, -0.2) is 13.8 Å². The summed E-state index contributed by atoms with van der Waals surface area (Å²) in [7, 11) is 0. The minimum Gasteiger partial charge on any atom is -0.323 e. The van der Waals surface area contributed by atoms with Gasteiger partial charge in [-0.1, -0.05) is 6.07 Å². The lowest BCUT2D eigenvalue weighted by Gasteiger charge is -2.11. The second-order valence-corrected chi connectivity index (χ2v) is 4.67. The van der Waals surface area contributed by atoms with Gasteiger partial charge in [0.2, 0.25) is 0 Å². The quantitative estimate of drug-likeness (QED) is 0.865. The molecule has 0 aliphatic carbocycles. The van der Waals surface area contributed by atoms with Crippen LogP contribution in [0.15, 0.2) is 41.8 Å². The number of nitrogens with zero attached hydrogens (tertiary/aromatic N) is 2. The van der Waals surface area contributed by atoms with Crippen LogP contribution in [-0.4, -0.2) is 15.7 Å². The van der Waals surface area contributed by atoms with E-state index in [-0.39, 0.29) is 6.04 Å². The fraction of sp³-hybridized carbons (Fsp3) is 0.167. The van der Waals surface area contributed by atoms with Gasteiger partial charge < -0.3 is 5.73 Å². The summed E-state index contributed by atoms with van der Waals surface area (Å²) >= 11 is 1.42. The monoisotopic (exact) mass is 267 g/mol.